The van der Waals surface area contributed by atoms with Gasteiger partial charge in [-0.1, -0.05) is 5.21 Å². The van der Waals surface area contributed by atoms with Crippen LogP contribution >= 0.6 is 0 Å². The van der Waals surface area contributed by atoms with Crippen LogP contribution in [0.3, 0.4) is 0 Å². The van der Waals surface area contributed by atoms with Gasteiger partial charge in [-0.15, -0.1) is 5.10 Å². The highest BCUT2D eigenvalue weighted by Gasteiger charge is 2.25. The smallest absolute Gasteiger partial charge is 0.358 e. The van der Waals surface area contributed by atoms with Crippen molar-refractivity contribution in [3.05, 3.63) is 17.1 Å². The first kappa shape index (κ1) is 15.2. The average molecular weight is 293 g/mol. The van der Waals surface area contributed by atoms with Crippen molar-refractivity contribution in [1.29, 1.82) is 0 Å². The number of carboxylic acids is 1. The first-order chi connectivity index (χ1) is 9.82. The zero-order valence-electron chi connectivity index (χ0n) is 12.5. The van der Waals surface area contributed by atoms with Crippen molar-refractivity contribution in [2.75, 3.05) is 0 Å². The second-order valence-electron chi connectivity index (χ2n) is 5.12. The van der Waals surface area contributed by atoms with Crippen molar-refractivity contribution in [2.24, 2.45) is 7.05 Å². The molecule has 2 rings (SSSR count). The second kappa shape index (κ2) is 5.65. The van der Waals surface area contributed by atoms with Crippen LogP contribution in [0.25, 0.3) is 11.3 Å². The number of nitrogens with zero attached hydrogens (tertiary/aromatic N) is 5. The number of carbonyl (C=O) groups is 1. The zero-order valence-corrected chi connectivity index (χ0v) is 12.5. The number of aromatic nitrogens is 5. The topological polar surface area (TPSA) is 106 Å². The van der Waals surface area contributed by atoms with Crippen LogP contribution in [-0.2, 0) is 13.6 Å². The maximum atomic E-state index is 11.4. The van der Waals surface area contributed by atoms with Gasteiger partial charge in [0, 0.05) is 24.8 Å². The number of hydrogen-bond donors (Lipinski definition) is 2. The molecule has 0 amide bonds. The Labute approximate surface area is 122 Å². The molecule has 0 saturated heterocycles. The summed E-state index contributed by atoms with van der Waals surface area (Å²) in [7, 11) is 1.80. The molecule has 0 saturated carbocycles. The summed E-state index contributed by atoms with van der Waals surface area (Å²) >= 11 is 0. The minimum absolute atomic E-state index is 0.0974. The maximum absolute atomic E-state index is 11.4. The molecule has 0 bridgehead atoms. The number of aromatic carboxylic acids is 1. The van der Waals surface area contributed by atoms with Gasteiger partial charge in [0.15, 0.2) is 5.69 Å². The molecule has 21 heavy (non-hydrogen) atoms. The number of carboxylic acid groups (broad SMARTS) is 1. The maximum Gasteiger partial charge on any atom is 0.358 e. The normalized spacial score (nSPS) is 12.6. The third-order valence-corrected chi connectivity index (χ3v) is 3.44. The van der Waals surface area contributed by atoms with Crippen molar-refractivity contribution in [3.8, 4) is 11.3 Å². The van der Waals surface area contributed by atoms with Gasteiger partial charge >= 0.3 is 5.97 Å². The molecule has 114 valence electrons. The Balaban J connectivity index is 2.58. The van der Waals surface area contributed by atoms with Crippen molar-refractivity contribution in [3.63, 3.8) is 0 Å². The van der Waals surface area contributed by atoms with E-state index in [0.29, 0.717) is 18.7 Å². The first-order valence-corrected chi connectivity index (χ1v) is 6.68. The van der Waals surface area contributed by atoms with Gasteiger partial charge in [0.1, 0.15) is 5.69 Å². The summed E-state index contributed by atoms with van der Waals surface area (Å²) in [6.45, 7) is 5.75. The van der Waals surface area contributed by atoms with Gasteiger partial charge in [0.25, 0.3) is 0 Å². The van der Waals surface area contributed by atoms with Gasteiger partial charge in [0.2, 0.25) is 0 Å². The molecule has 0 spiro atoms. The summed E-state index contributed by atoms with van der Waals surface area (Å²) in [4.78, 5) is 11.4. The van der Waals surface area contributed by atoms with Crippen LogP contribution < -0.4 is 0 Å². The highest BCUT2D eigenvalue weighted by molar-refractivity contribution is 5.93. The predicted molar refractivity (Wildman–Crippen MR) is 75.0 cm³/mol. The number of aryl methyl sites for hydroxylation is 3. The zero-order chi connectivity index (χ0) is 15.7. The summed E-state index contributed by atoms with van der Waals surface area (Å²) in [6, 6.07) is 0. The highest BCUT2D eigenvalue weighted by atomic mass is 16.4. The molecule has 0 radical (unpaired) electrons. The van der Waals surface area contributed by atoms with E-state index in [2.05, 4.69) is 15.4 Å². The van der Waals surface area contributed by atoms with E-state index in [1.807, 2.05) is 13.8 Å². The van der Waals surface area contributed by atoms with Crippen LogP contribution in [0.15, 0.2) is 0 Å². The fourth-order valence-corrected chi connectivity index (χ4v) is 2.29. The van der Waals surface area contributed by atoms with Gasteiger partial charge in [-0.2, -0.15) is 5.10 Å². The molecule has 1 unspecified atom stereocenters. The van der Waals surface area contributed by atoms with Crippen LogP contribution in [-0.4, -0.2) is 47.1 Å². The van der Waals surface area contributed by atoms with Crippen LogP contribution in [0.5, 0.6) is 0 Å². The molecule has 8 nitrogen and oxygen atoms in total. The Kier molecular flexibility index (Phi) is 4.08. The lowest BCUT2D eigenvalue weighted by molar-refractivity contribution is 0.0691. The molecular formula is C13H19N5O3. The van der Waals surface area contributed by atoms with Crippen LogP contribution in [0.1, 0.15) is 35.2 Å². The molecule has 2 heterocycles. The molecular weight excluding hydrogens is 274 g/mol. The summed E-state index contributed by atoms with van der Waals surface area (Å²) in [6.07, 6.45) is -0.0280. The fraction of sp³-hybridized carbons (Fsp3) is 0.538. The predicted octanol–water partition coefficient (Wildman–Crippen LogP) is 0.765. The van der Waals surface area contributed by atoms with Crippen molar-refractivity contribution >= 4 is 5.97 Å². The molecule has 1 atom stereocenters. The third kappa shape index (κ3) is 2.80. The highest BCUT2D eigenvalue weighted by Crippen LogP contribution is 2.29. The van der Waals surface area contributed by atoms with E-state index in [1.54, 1.807) is 18.7 Å². The van der Waals surface area contributed by atoms with Crippen LogP contribution in [0.4, 0.5) is 0 Å². The van der Waals surface area contributed by atoms with Gasteiger partial charge < -0.3 is 10.2 Å². The Hall–Kier alpha value is -2.22. The quantitative estimate of drug-likeness (QED) is 0.843. The van der Waals surface area contributed by atoms with Gasteiger partial charge in [-0.05, 0) is 27.2 Å². The molecule has 2 N–H and O–H groups in total. The van der Waals surface area contributed by atoms with E-state index >= 15 is 0 Å². The second-order valence-corrected chi connectivity index (χ2v) is 5.12. The van der Waals surface area contributed by atoms with Gasteiger partial charge in [0.05, 0.1) is 11.8 Å². The summed E-state index contributed by atoms with van der Waals surface area (Å²) in [5.41, 5.74) is 2.63. The summed E-state index contributed by atoms with van der Waals surface area (Å²) in [5, 5.41) is 30.7. The van der Waals surface area contributed by atoms with E-state index in [1.165, 1.54) is 4.68 Å². The van der Waals surface area contributed by atoms with Crippen molar-refractivity contribution in [1.82, 2.24) is 24.8 Å². The Bertz CT molecular complexity index is 672. The minimum atomic E-state index is -1.13. The molecule has 0 aromatic carbocycles. The lowest BCUT2D eigenvalue weighted by Crippen LogP contribution is -2.11. The minimum Gasteiger partial charge on any atom is -0.476 e. The van der Waals surface area contributed by atoms with Gasteiger partial charge in [-0.3, -0.25) is 4.68 Å². The van der Waals surface area contributed by atoms with E-state index in [9.17, 15) is 15.0 Å². The Morgan fingerprint density at radius 1 is 1.38 bits per heavy atom. The lowest BCUT2D eigenvalue weighted by Gasteiger charge is -2.09. The lowest BCUT2D eigenvalue weighted by atomic mass is 10.1. The molecule has 2 aromatic heterocycles. The molecule has 8 heteroatoms. The number of hydrogen-bond acceptors (Lipinski definition) is 5. The number of aliphatic hydroxyl groups is 1. The largest absolute Gasteiger partial charge is 0.476 e. The average Bonchev–Trinajstić information content (AvgIpc) is 2.89. The fourth-order valence-electron chi connectivity index (χ4n) is 2.29. The van der Waals surface area contributed by atoms with E-state index in [-0.39, 0.29) is 5.69 Å². The molecule has 0 aliphatic rings. The summed E-state index contributed by atoms with van der Waals surface area (Å²) in [5.74, 6) is -1.13. The standard InChI is InChI=1S/C13H19N5O3/c1-7(19)5-6-18-12(11(13(20)21)14-16-18)10-8(2)15-17(4)9(10)3/h7,19H,5-6H2,1-4H3,(H,20,21). The summed E-state index contributed by atoms with van der Waals surface area (Å²) < 4.78 is 3.22. The van der Waals surface area contributed by atoms with E-state index < -0.39 is 12.1 Å². The first-order valence-electron chi connectivity index (χ1n) is 6.68. The van der Waals surface area contributed by atoms with Gasteiger partial charge in [-0.25, -0.2) is 9.48 Å². The molecule has 0 aliphatic carbocycles. The number of aliphatic hydroxyl groups excluding tert-OH is 1. The van der Waals surface area contributed by atoms with Crippen LogP contribution in [0, 0.1) is 13.8 Å². The van der Waals surface area contributed by atoms with Crippen molar-refractivity contribution < 1.29 is 15.0 Å². The third-order valence-electron chi connectivity index (χ3n) is 3.44. The molecule has 2 aromatic rings. The number of rotatable bonds is 5. The Morgan fingerprint density at radius 2 is 2.05 bits per heavy atom. The Morgan fingerprint density at radius 3 is 2.52 bits per heavy atom. The molecule has 0 fully saturated rings. The SMILES string of the molecule is Cc1nn(C)c(C)c1-c1c(C(=O)O)nnn1CCC(C)O. The van der Waals surface area contributed by atoms with E-state index in [0.717, 1.165) is 17.0 Å². The van der Waals surface area contributed by atoms with Crippen molar-refractivity contribution in [2.45, 2.75) is 39.8 Å². The van der Waals surface area contributed by atoms with E-state index in [4.69, 9.17) is 0 Å². The molecule has 0 aliphatic heterocycles. The van der Waals surface area contributed by atoms with Crippen LogP contribution in [0.2, 0.25) is 0 Å². The monoisotopic (exact) mass is 293 g/mol.